The Labute approximate surface area is 171 Å². The molecule has 9 heteroatoms. The fourth-order valence-electron chi connectivity index (χ4n) is 3.52. The zero-order chi connectivity index (χ0) is 20.5. The number of aromatic nitrogens is 2. The zero-order valence-electron chi connectivity index (χ0n) is 16.4. The summed E-state index contributed by atoms with van der Waals surface area (Å²) in [6.45, 7) is 6.07. The molecule has 1 saturated heterocycles. The van der Waals surface area contributed by atoms with Gasteiger partial charge in [-0.3, -0.25) is 19.0 Å². The molecule has 0 spiro atoms. The maximum atomic E-state index is 12.7. The fraction of sp³-hybridized carbons (Fsp3) is 0.400. The molecule has 152 valence electrons. The van der Waals surface area contributed by atoms with Crippen LogP contribution in [0, 0.1) is 13.8 Å². The molecule has 0 bridgehead atoms. The molecule has 0 N–H and O–H groups in total. The van der Waals surface area contributed by atoms with Crippen molar-refractivity contribution in [3.8, 4) is 0 Å². The number of rotatable bonds is 4. The lowest BCUT2D eigenvalue weighted by atomic mass is 10.2. The van der Waals surface area contributed by atoms with Gasteiger partial charge in [-0.15, -0.1) is 11.3 Å². The molecule has 0 unspecified atom stereocenters. The van der Waals surface area contributed by atoms with E-state index in [1.54, 1.807) is 21.9 Å². The van der Waals surface area contributed by atoms with Gasteiger partial charge >= 0.3 is 0 Å². The Kier molecular flexibility index (Phi) is 5.23. The highest BCUT2D eigenvalue weighted by Crippen LogP contribution is 2.25. The molecule has 1 fully saturated rings. The number of hydrogen-bond acceptors (Lipinski definition) is 6. The van der Waals surface area contributed by atoms with Gasteiger partial charge in [0.25, 0.3) is 11.5 Å². The summed E-state index contributed by atoms with van der Waals surface area (Å²) < 4.78 is 6.66. The molecular weight excluding hydrogens is 392 g/mol. The second kappa shape index (κ2) is 7.82. The Hall–Kier alpha value is -2.94. The van der Waals surface area contributed by atoms with E-state index in [1.165, 1.54) is 28.5 Å². The van der Waals surface area contributed by atoms with Crippen LogP contribution in [0.4, 0.5) is 0 Å². The van der Waals surface area contributed by atoms with Gasteiger partial charge < -0.3 is 14.2 Å². The predicted octanol–water partition coefficient (Wildman–Crippen LogP) is 2.04. The number of carbonyl (C=O) groups excluding carboxylic acids is 2. The number of nitrogens with zero attached hydrogens (tertiary/aromatic N) is 4. The number of hydrogen-bond donors (Lipinski definition) is 0. The van der Waals surface area contributed by atoms with Crippen LogP contribution in [0.15, 0.2) is 33.9 Å². The van der Waals surface area contributed by atoms with Crippen LogP contribution in [0.3, 0.4) is 0 Å². The number of carbonyl (C=O) groups is 2. The van der Waals surface area contributed by atoms with E-state index in [0.717, 1.165) is 15.3 Å². The van der Waals surface area contributed by atoms with Crippen LogP contribution in [-0.4, -0.2) is 57.3 Å². The molecule has 0 atom stereocenters. The minimum atomic E-state index is -0.158. The zero-order valence-corrected chi connectivity index (χ0v) is 17.2. The summed E-state index contributed by atoms with van der Waals surface area (Å²) >= 11 is 1.51. The lowest BCUT2D eigenvalue weighted by molar-refractivity contribution is -0.132. The van der Waals surface area contributed by atoms with Crippen molar-refractivity contribution in [3.05, 3.63) is 51.3 Å². The van der Waals surface area contributed by atoms with Gasteiger partial charge in [0, 0.05) is 44.0 Å². The fourth-order valence-corrected chi connectivity index (χ4v) is 4.51. The Balaban J connectivity index is 1.36. The first-order valence-electron chi connectivity index (χ1n) is 9.51. The highest BCUT2D eigenvalue weighted by atomic mass is 32.1. The minimum absolute atomic E-state index is 0.0275. The maximum Gasteiger partial charge on any atom is 0.289 e. The van der Waals surface area contributed by atoms with E-state index in [2.05, 4.69) is 4.98 Å². The largest absolute Gasteiger partial charge is 0.459 e. The SMILES string of the molecule is Cc1sc2ncn(CCC(=O)N3CCN(C(=O)c4ccco4)CC3)c(=O)c2c1C. The van der Waals surface area contributed by atoms with E-state index in [0.29, 0.717) is 43.9 Å². The van der Waals surface area contributed by atoms with Gasteiger partial charge in [0.2, 0.25) is 5.91 Å². The normalized spacial score (nSPS) is 14.6. The van der Waals surface area contributed by atoms with Crippen LogP contribution >= 0.6 is 11.3 Å². The van der Waals surface area contributed by atoms with Crippen molar-refractivity contribution in [2.24, 2.45) is 0 Å². The van der Waals surface area contributed by atoms with Gasteiger partial charge in [-0.2, -0.15) is 0 Å². The monoisotopic (exact) mass is 414 g/mol. The summed E-state index contributed by atoms with van der Waals surface area (Å²) in [5.41, 5.74) is 0.860. The van der Waals surface area contributed by atoms with E-state index in [1.807, 2.05) is 13.8 Å². The average Bonchev–Trinajstić information content (AvgIpc) is 3.36. The molecule has 1 aliphatic heterocycles. The van der Waals surface area contributed by atoms with Crippen molar-refractivity contribution in [2.45, 2.75) is 26.8 Å². The number of amides is 2. The van der Waals surface area contributed by atoms with Crippen LogP contribution in [0.5, 0.6) is 0 Å². The number of fused-ring (bicyclic) bond motifs is 1. The first-order valence-corrected chi connectivity index (χ1v) is 10.3. The Morgan fingerprint density at radius 1 is 1.17 bits per heavy atom. The summed E-state index contributed by atoms with van der Waals surface area (Å²) in [5.74, 6) is 0.126. The van der Waals surface area contributed by atoms with E-state index >= 15 is 0 Å². The van der Waals surface area contributed by atoms with Crippen LogP contribution in [-0.2, 0) is 11.3 Å². The van der Waals surface area contributed by atoms with Gasteiger partial charge in [0.15, 0.2) is 5.76 Å². The molecule has 4 heterocycles. The van der Waals surface area contributed by atoms with Crippen molar-refractivity contribution >= 4 is 33.4 Å². The number of thiophene rings is 1. The smallest absolute Gasteiger partial charge is 0.289 e. The van der Waals surface area contributed by atoms with Gasteiger partial charge in [-0.25, -0.2) is 4.98 Å². The summed E-state index contributed by atoms with van der Waals surface area (Å²) in [4.78, 5) is 47.3. The van der Waals surface area contributed by atoms with E-state index in [4.69, 9.17) is 4.42 Å². The van der Waals surface area contributed by atoms with Gasteiger partial charge in [-0.1, -0.05) is 0 Å². The van der Waals surface area contributed by atoms with Crippen molar-refractivity contribution in [3.63, 3.8) is 0 Å². The first-order chi connectivity index (χ1) is 14.0. The molecule has 0 radical (unpaired) electrons. The van der Waals surface area contributed by atoms with Crippen LogP contribution < -0.4 is 5.56 Å². The highest BCUT2D eigenvalue weighted by Gasteiger charge is 2.26. The Morgan fingerprint density at radius 3 is 2.59 bits per heavy atom. The molecule has 1 aliphatic rings. The molecule has 3 aromatic heterocycles. The van der Waals surface area contributed by atoms with Crippen molar-refractivity contribution in [1.29, 1.82) is 0 Å². The Morgan fingerprint density at radius 2 is 1.90 bits per heavy atom. The van der Waals surface area contributed by atoms with E-state index < -0.39 is 0 Å². The van der Waals surface area contributed by atoms with Crippen LogP contribution in [0.2, 0.25) is 0 Å². The van der Waals surface area contributed by atoms with Gasteiger partial charge in [0.1, 0.15) is 4.83 Å². The summed E-state index contributed by atoms with van der Waals surface area (Å²) in [6.07, 6.45) is 3.22. The highest BCUT2D eigenvalue weighted by molar-refractivity contribution is 7.18. The molecular formula is C20H22N4O4S. The topological polar surface area (TPSA) is 88.7 Å². The third kappa shape index (κ3) is 3.69. The quantitative estimate of drug-likeness (QED) is 0.652. The molecule has 0 saturated carbocycles. The van der Waals surface area contributed by atoms with Crippen molar-refractivity contribution in [1.82, 2.24) is 19.4 Å². The lowest BCUT2D eigenvalue weighted by Gasteiger charge is -2.34. The third-order valence-electron chi connectivity index (χ3n) is 5.37. The number of furan rings is 1. The maximum absolute atomic E-state index is 12.7. The number of piperazine rings is 1. The Bertz CT molecular complexity index is 1110. The molecule has 29 heavy (non-hydrogen) atoms. The molecule has 0 aromatic carbocycles. The predicted molar refractivity (Wildman–Crippen MR) is 109 cm³/mol. The van der Waals surface area contributed by atoms with E-state index in [-0.39, 0.29) is 23.8 Å². The summed E-state index contributed by atoms with van der Waals surface area (Å²) in [5, 5.41) is 0.646. The van der Waals surface area contributed by atoms with Gasteiger partial charge in [0.05, 0.1) is 18.0 Å². The third-order valence-corrected chi connectivity index (χ3v) is 6.49. The summed E-state index contributed by atoms with van der Waals surface area (Å²) in [6, 6.07) is 3.32. The molecule has 4 rings (SSSR count). The second-order valence-electron chi connectivity index (χ2n) is 7.11. The van der Waals surface area contributed by atoms with Crippen LogP contribution in [0.1, 0.15) is 27.4 Å². The molecule has 0 aliphatic carbocycles. The van der Waals surface area contributed by atoms with Crippen molar-refractivity contribution in [2.75, 3.05) is 26.2 Å². The number of aryl methyl sites for hydroxylation is 3. The second-order valence-corrected chi connectivity index (χ2v) is 8.31. The standard InChI is InChI=1S/C20H22N4O4S/c1-13-14(2)29-18-17(13)20(27)24(12-21-18)6-5-16(25)22-7-9-23(10-8-22)19(26)15-4-3-11-28-15/h3-4,11-12H,5-10H2,1-2H3. The van der Waals surface area contributed by atoms with Crippen molar-refractivity contribution < 1.29 is 14.0 Å². The summed E-state index contributed by atoms with van der Waals surface area (Å²) in [7, 11) is 0. The lowest BCUT2D eigenvalue weighted by Crippen LogP contribution is -2.50. The van der Waals surface area contributed by atoms with Crippen LogP contribution in [0.25, 0.3) is 10.2 Å². The first kappa shape index (κ1) is 19.4. The molecule has 3 aromatic rings. The van der Waals surface area contributed by atoms with Gasteiger partial charge in [-0.05, 0) is 31.5 Å². The van der Waals surface area contributed by atoms with E-state index in [9.17, 15) is 14.4 Å². The molecule has 2 amide bonds. The average molecular weight is 414 g/mol. The molecule has 8 nitrogen and oxygen atoms in total. The minimum Gasteiger partial charge on any atom is -0.459 e.